The maximum atomic E-state index is 10.9. The van der Waals surface area contributed by atoms with E-state index >= 15 is 0 Å². The van der Waals surface area contributed by atoms with E-state index < -0.39 is 21.7 Å². The summed E-state index contributed by atoms with van der Waals surface area (Å²) in [5.41, 5.74) is 19.3. The monoisotopic (exact) mass is 1090 g/mol. The second-order valence-electron chi connectivity index (χ2n) is 24.3. The number of nitrogens with zero attached hydrogens (tertiary/aromatic N) is 5. The minimum atomic E-state index is -0.623. The lowest BCUT2D eigenvalue weighted by molar-refractivity contribution is -0.905. The van der Waals surface area contributed by atoms with Crippen LogP contribution >= 0.6 is 0 Å². The van der Waals surface area contributed by atoms with Crippen LogP contribution in [0.3, 0.4) is 0 Å². The number of nitro benzene ring substituents is 4. The zero-order valence-corrected chi connectivity index (χ0v) is 49.1. The lowest BCUT2D eigenvalue weighted by atomic mass is 9.82. The maximum absolute atomic E-state index is 10.9. The Morgan fingerprint density at radius 3 is 1.24 bits per heavy atom. The van der Waals surface area contributed by atoms with Crippen molar-refractivity contribution in [2.24, 2.45) is 33.9 Å². The number of non-ortho nitro benzene ring substituents is 4. The molecule has 0 fully saturated rings. The van der Waals surface area contributed by atoms with E-state index in [0.29, 0.717) is 17.0 Å². The molecular formula is C58H85N8O12+. The van der Waals surface area contributed by atoms with Gasteiger partial charge < -0.3 is 17.2 Å². The first-order valence-corrected chi connectivity index (χ1v) is 24.7. The summed E-state index contributed by atoms with van der Waals surface area (Å²) in [7, 11) is 0. The predicted octanol–water partition coefficient (Wildman–Crippen LogP) is 12.5. The zero-order chi connectivity index (χ0) is 61.7. The van der Waals surface area contributed by atoms with Crippen molar-refractivity contribution in [2.45, 2.75) is 153 Å². The summed E-state index contributed by atoms with van der Waals surface area (Å²) in [6.07, 6.45) is 9.11. The van der Waals surface area contributed by atoms with Crippen LogP contribution in [-0.4, -0.2) is 42.6 Å². The van der Waals surface area contributed by atoms with Crippen LogP contribution in [0.2, 0.25) is 0 Å². The lowest BCUT2D eigenvalue weighted by Crippen LogP contribution is -2.34. The Bertz CT molecular complexity index is 2750. The van der Waals surface area contributed by atoms with Crippen molar-refractivity contribution >= 4 is 40.5 Å². The second-order valence-corrected chi connectivity index (χ2v) is 24.3. The maximum Gasteiger partial charge on any atom is 0.276 e. The van der Waals surface area contributed by atoms with Gasteiger partial charge in [-0.25, -0.2) is 0 Å². The van der Waals surface area contributed by atoms with Gasteiger partial charge in [0.2, 0.25) is 24.2 Å². The van der Waals surface area contributed by atoms with Crippen LogP contribution in [0.4, 0.5) is 22.7 Å². The average Bonchev–Trinajstić information content (AvgIpc) is 3.28. The molecule has 0 saturated carbocycles. The summed E-state index contributed by atoms with van der Waals surface area (Å²) < 4.78 is 0.862. The quantitative estimate of drug-likeness (QED) is 0.0303. The summed E-state index contributed by atoms with van der Waals surface area (Å²) in [4.78, 5) is 71.8. The van der Waals surface area contributed by atoms with E-state index in [-0.39, 0.29) is 71.0 Å². The van der Waals surface area contributed by atoms with E-state index in [1.165, 1.54) is 36.5 Å². The first-order valence-electron chi connectivity index (χ1n) is 24.7. The van der Waals surface area contributed by atoms with Crippen LogP contribution in [0.1, 0.15) is 164 Å². The molecule has 1 unspecified atom stereocenters. The number of rotatable bonds is 9. The second kappa shape index (κ2) is 30.0. The summed E-state index contributed by atoms with van der Waals surface area (Å²) >= 11 is 0. The number of carbonyl (C=O) groups is 3. The van der Waals surface area contributed by atoms with Crippen LogP contribution in [0.25, 0.3) is 0 Å². The molecule has 0 aliphatic heterocycles. The van der Waals surface area contributed by atoms with Gasteiger partial charge in [0.1, 0.15) is 5.56 Å². The van der Waals surface area contributed by atoms with Crippen molar-refractivity contribution in [2.75, 3.05) is 0 Å². The molecule has 0 aliphatic carbocycles. The number of pyridine rings is 1. The Balaban J connectivity index is 0. The van der Waals surface area contributed by atoms with E-state index in [1.807, 2.05) is 95.2 Å². The zero-order valence-electron chi connectivity index (χ0n) is 49.1. The number of primary amides is 3. The number of allylic oxidation sites excluding steroid dienone is 3. The Labute approximate surface area is 460 Å². The lowest BCUT2D eigenvalue weighted by Gasteiger charge is -2.23. The van der Waals surface area contributed by atoms with Gasteiger partial charge in [0, 0.05) is 52.8 Å². The molecule has 1 heterocycles. The molecule has 428 valence electrons. The fourth-order valence-electron chi connectivity index (χ4n) is 5.48. The highest BCUT2D eigenvalue weighted by molar-refractivity contribution is 5.92. The van der Waals surface area contributed by atoms with Crippen LogP contribution < -0.4 is 21.9 Å². The van der Waals surface area contributed by atoms with Gasteiger partial charge in [0.15, 0.2) is 0 Å². The number of nitro groups is 4. The molecule has 4 aromatic rings. The number of carbonyl (C=O) groups excluding carboxylic acids is 3. The molecule has 0 spiro atoms. The van der Waals surface area contributed by atoms with Crippen molar-refractivity contribution in [3.05, 3.63) is 190 Å². The molecule has 4 rings (SSSR count). The van der Waals surface area contributed by atoms with Crippen molar-refractivity contribution in [3.8, 4) is 0 Å². The van der Waals surface area contributed by atoms with Gasteiger partial charge in [0.05, 0.1) is 25.8 Å². The summed E-state index contributed by atoms with van der Waals surface area (Å²) in [5.74, 6) is -0.981. The van der Waals surface area contributed by atoms with Gasteiger partial charge >= 0.3 is 0 Å². The Morgan fingerprint density at radius 1 is 0.513 bits per heavy atom. The smallest absolute Gasteiger partial charge is 0.276 e. The fourth-order valence-corrected chi connectivity index (χ4v) is 5.48. The van der Waals surface area contributed by atoms with E-state index in [9.17, 15) is 60.0 Å². The predicted molar refractivity (Wildman–Crippen MR) is 307 cm³/mol. The summed E-state index contributed by atoms with van der Waals surface area (Å²) in [6.45, 7) is 42.2. The summed E-state index contributed by atoms with van der Waals surface area (Å²) in [6, 6.07) is 18.8. The van der Waals surface area contributed by atoms with Gasteiger partial charge in [-0.15, -0.1) is 0 Å². The SMILES string of the molecule is C=C(/C=C/C(N)=O)C(C)(C)C.CC(/C=C/C(N)=O)C(C)(C)C.CC(C)(C)c1cc(C(N)=O)c[n+](O)c1.CC(C)(C)c1cc([N+](=O)[O-])cc([N+](=O)[O-])c1.CC(C)(C)c1ccc([N+](=O)[O-])cc1.CC(C)(C)c1cccc([N+](=O)[O-])c1. The third-order valence-corrected chi connectivity index (χ3v) is 11.4. The Morgan fingerprint density at radius 2 is 0.910 bits per heavy atom. The van der Waals surface area contributed by atoms with E-state index in [2.05, 4.69) is 55.0 Å². The van der Waals surface area contributed by atoms with Gasteiger partial charge in [0.25, 0.3) is 28.7 Å². The molecule has 0 bridgehead atoms. The van der Waals surface area contributed by atoms with Crippen LogP contribution in [0.5, 0.6) is 0 Å². The Kier molecular flexibility index (Phi) is 27.6. The van der Waals surface area contributed by atoms with E-state index in [4.69, 9.17) is 17.2 Å². The highest BCUT2D eigenvalue weighted by Gasteiger charge is 2.24. The van der Waals surface area contributed by atoms with Crippen LogP contribution in [-0.2, 0) is 31.2 Å². The number of hydrogen-bond donors (Lipinski definition) is 4. The molecule has 0 radical (unpaired) electrons. The number of amides is 3. The van der Waals surface area contributed by atoms with Crippen LogP contribution in [0.15, 0.2) is 122 Å². The van der Waals surface area contributed by atoms with Crippen molar-refractivity contribution in [3.63, 3.8) is 0 Å². The molecule has 0 saturated heterocycles. The van der Waals surface area contributed by atoms with Crippen molar-refractivity contribution < 1.29 is 44.0 Å². The highest BCUT2D eigenvalue weighted by atomic mass is 16.6. The largest absolute Gasteiger partial charge is 0.366 e. The molecule has 20 nitrogen and oxygen atoms in total. The minimum Gasteiger partial charge on any atom is -0.366 e. The molecule has 0 aliphatic rings. The topological polar surface area (TPSA) is 326 Å². The average molecular weight is 1090 g/mol. The number of hydrogen-bond acceptors (Lipinski definition) is 12. The molecule has 3 aromatic carbocycles. The first kappa shape index (κ1) is 71.9. The molecule has 20 heteroatoms. The molecule has 7 N–H and O–H groups in total. The minimum absolute atomic E-state index is 0.00590. The first-order chi connectivity index (χ1) is 35.0. The number of benzene rings is 3. The van der Waals surface area contributed by atoms with E-state index in [1.54, 1.807) is 54.7 Å². The molecular weight excluding hydrogens is 1000 g/mol. The fraction of sp³-hybridized carbons (Fsp3) is 0.448. The Hall–Kier alpha value is -8.16. The molecule has 1 aromatic heterocycles. The molecule has 78 heavy (non-hydrogen) atoms. The van der Waals surface area contributed by atoms with Gasteiger partial charge in [-0.1, -0.05) is 175 Å². The van der Waals surface area contributed by atoms with E-state index in [0.717, 1.165) is 33.1 Å². The van der Waals surface area contributed by atoms with Crippen molar-refractivity contribution in [1.29, 1.82) is 0 Å². The van der Waals surface area contributed by atoms with Crippen molar-refractivity contribution in [1.82, 2.24) is 0 Å². The number of nitrogens with two attached hydrogens (primary N) is 3. The summed E-state index contributed by atoms with van der Waals surface area (Å²) in [5, 5.41) is 51.4. The van der Waals surface area contributed by atoms with Gasteiger partial charge in [-0.2, -0.15) is 0 Å². The third-order valence-electron chi connectivity index (χ3n) is 11.4. The normalized spacial score (nSPS) is 11.9. The number of aromatic nitrogens is 1. The standard InChI is InChI=1S/C10H12N2O4.C10H14N2O2.2C10H13NO2.C9H17NO.C9H15NO/c1-10(2,3)7-4-8(11(13)14)6-9(5-7)12(15)16;1-10(2,3)8-4-7(9(11)13)5-12(14)6-8;1-10(2,3)8-4-6-9(7-5-8)11(12)13;1-10(2,3)8-5-4-6-9(7-8)11(12)13;2*1-7(9(2,3)4)5-6-8(10)11/h4-6H,1-3H3;4-6H,1-3H3,(H2-,11,13,14);2*4-7H,1-3H3;5-7H,1-4H3,(H2,10,11);5-6H,1H2,2-4H3,(H2,10,11)/p+1/b;;;;2*6-5+. The van der Waals surface area contributed by atoms with Gasteiger partial charge in [-0.3, -0.25) is 60.0 Å². The molecule has 3 amide bonds. The third kappa shape index (κ3) is 29.2. The van der Waals surface area contributed by atoms with Crippen LogP contribution in [0, 0.1) is 57.2 Å². The van der Waals surface area contributed by atoms with Gasteiger partial charge in [-0.05, 0) is 72.8 Å². The highest BCUT2D eigenvalue weighted by Crippen LogP contribution is 2.31. The molecule has 1 atom stereocenters.